The van der Waals surface area contributed by atoms with Crippen molar-refractivity contribution in [2.45, 2.75) is 19.3 Å². The molecule has 0 aliphatic carbocycles. The van der Waals surface area contributed by atoms with E-state index in [0.717, 1.165) is 12.1 Å². The summed E-state index contributed by atoms with van der Waals surface area (Å²) in [6.07, 6.45) is -4.46. The summed E-state index contributed by atoms with van der Waals surface area (Å²) >= 11 is 0. The van der Waals surface area contributed by atoms with Gasteiger partial charge in [-0.1, -0.05) is 24.0 Å². The van der Waals surface area contributed by atoms with Crippen molar-refractivity contribution in [2.75, 3.05) is 13.7 Å². The number of halogens is 5. The van der Waals surface area contributed by atoms with Crippen molar-refractivity contribution in [1.29, 1.82) is 0 Å². The predicted molar refractivity (Wildman–Crippen MR) is 98.2 cm³/mol. The molecule has 0 radical (unpaired) electrons. The largest absolute Gasteiger partial charge is 0.493 e. The number of benzene rings is 2. The Hall–Kier alpha value is -3.48. The smallest absolute Gasteiger partial charge is 0.416 e. The van der Waals surface area contributed by atoms with Gasteiger partial charge in [-0.05, 0) is 35.9 Å². The summed E-state index contributed by atoms with van der Waals surface area (Å²) in [5, 5.41) is 4.91. The molecule has 0 bridgehead atoms. The number of rotatable bonds is 6. The van der Waals surface area contributed by atoms with Gasteiger partial charge < -0.3 is 20.1 Å². The van der Waals surface area contributed by atoms with E-state index in [0.29, 0.717) is 5.56 Å². The van der Waals surface area contributed by atoms with E-state index < -0.39 is 24.4 Å². The zero-order valence-electron chi connectivity index (χ0n) is 15.6. The fraction of sp³-hybridized carbons (Fsp3) is 0.250. The van der Waals surface area contributed by atoms with Crippen LogP contribution in [0.25, 0.3) is 0 Å². The first-order chi connectivity index (χ1) is 14.2. The van der Waals surface area contributed by atoms with Crippen LogP contribution in [0.15, 0.2) is 42.5 Å². The Balaban J connectivity index is 1.86. The predicted octanol–water partition coefficient (Wildman–Crippen LogP) is 4.17. The number of methoxy groups -OCH3 is 1. The first kappa shape index (κ1) is 22.8. The normalized spacial score (nSPS) is 10.8. The van der Waals surface area contributed by atoms with Crippen LogP contribution >= 0.6 is 0 Å². The number of hydrogen-bond acceptors (Lipinski definition) is 3. The van der Waals surface area contributed by atoms with E-state index in [2.05, 4.69) is 27.2 Å². The van der Waals surface area contributed by atoms with Crippen LogP contribution in [0.1, 0.15) is 16.7 Å². The first-order valence-electron chi connectivity index (χ1n) is 8.48. The number of urea groups is 1. The molecule has 0 atom stereocenters. The molecular weight excluding hydrogens is 411 g/mol. The minimum atomic E-state index is -4.46. The van der Waals surface area contributed by atoms with E-state index in [9.17, 15) is 26.7 Å². The van der Waals surface area contributed by atoms with Gasteiger partial charge in [-0.25, -0.2) is 4.79 Å². The number of nitrogens with one attached hydrogen (secondary N) is 2. The standard InChI is InChI=1S/C20H17F5N2O3/c1-29-16-8-7-14(11-17(16)30-18(21)22)12-27-19(28)26-9-3-5-13-4-2-6-15(10-13)20(23,24)25/h2,4,6-8,10-11,18H,9,12H2,1H3,(H2,26,27,28). The van der Waals surface area contributed by atoms with Crippen LogP contribution in [-0.2, 0) is 12.7 Å². The molecule has 0 fully saturated rings. The highest BCUT2D eigenvalue weighted by Crippen LogP contribution is 2.30. The van der Waals surface area contributed by atoms with Gasteiger partial charge >= 0.3 is 18.8 Å². The van der Waals surface area contributed by atoms with Crippen molar-refractivity contribution in [3.05, 3.63) is 59.2 Å². The van der Waals surface area contributed by atoms with Crippen LogP contribution in [0, 0.1) is 11.8 Å². The number of alkyl halides is 5. The fourth-order valence-corrected chi connectivity index (χ4v) is 2.31. The summed E-state index contributed by atoms with van der Waals surface area (Å²) in [7, 11) is 1.31. The molecule has 0 aliphatic rings. The van der Waals surface area contributed by atoms with Crippen LogP contribution in [0.2, 0.25) is 0 Å². The molecule has 0 unspecified atom stereocenters. The summed E-state index contributed by atoms with van der Waals surface area (Å²) in [5.74, 6) is 5.03. The van der Waals surface area contributed by atoms with Gasteiger partial charge in [0.25, 0.3) is 0 Å². The van der Waals surface area contributed by atoms with Crippen molar-refractivity contribution >= 4 is 6.03 Å². The Morgan fingerprint density at radius 2 is 1.87 bits per heavy atom. The number of carbonyl (C=O) groups is 1. The molecular formula is C20H17F5N2O3. The molecule has 0 saturated carbocycles. The second kappa shape index (κ2) is 10.3. The maximum absolute atomic E-state index is 12.7. The fourth-order valence-electron chi connectivity index (χ4n) is 2.31. The van der Waals surface area contributed by atoms with E-state index in [1.165, 1.54) is 31.4 Å². The monoisotopic (exact) mass is 428 g/mol. The first-order valence-corrected chi connectivity index (χ1v) is 8.48. The molecule has 0 aromatic heterocycles. The molecule has 0 aliphatic heterocycles. The lowest BCUT2D eigenvalue weighted by Crippen LogP contribution is -2.35. The Morgan fingerprint density at radius 3 is 2.53 bits per heavy atom. The molecule has 10 heteroatoms. The van der Waals surface area contributed by atoms with Crippen LogP contribution in [0.5, 0.6) is 11.5 Å². The van der Waals surface area contributed by atoms with Gasteiger partial charge in [-0.3, -0.25) is 0 Å². The minimum Gasteiger partial charge on any atom is -0.493 e. The molecule has 2 aromatic carbocycles. The maximum atomic E-state index is 12.7. The number of carbonyl (C=O) groups excluding carboxylic acids is 1. The highest BCUT2D eigenvalue weighted by molar-refractivity contribution is 5.74. The highest BCUT2D eigenvalue weighted by Gasteiger charge is 2.30. The second-order valence-corrected chi connectivity index (χ2v) is 5.78. The van der Waals surface area contributed by atoms with Crippen LogP contribution in [-0.4, -0.2) is 26.3 Å². The number of hydrogen-bond donors (Lipinski definition) is 2. The average Bonchev–Trinajstić information content (AvgIpc) is 2.69. The van der Waals surface area contributed by atoms with Crippen molar-refractivity contribution in [3.8, 4) is 23.3 Å². The summed E-state index contributed by atoms with van der Waals surface area (Å²) in [5.41, 5.74) is -0.164. The summed E-state index contributed by atoms with van der Waals surface area (Å²) in [6, 6.07) is 8.21. The lowest BCUT2D eigenvalue weighted by atomic mass is 10.1. The molecule has 2 aromatic rings. The molecule has 160 valence electrons. The van der Waals surface area contributed by atoms with E-state index in [-0.39, 0.29) is 30.2 Å². The molecule has 2 amide bonds. The third-order valence-electron chi connectivity index (χ3n) is 3.66. The van der Waals surface area contributed by atoms with Crippen LogP contribution in [0.4, 0.5) is 26.7 Å². The average molecular weight is 428 g/mol. The third kappa shape index (κ3) is 7.16. The van der Waals surface area contributed by atoms with Gasteiger partial charge in [0, 0.05) is 12.1 Å². The minimum absolute atomic E-state index is 0.0104. The van der Waals surface area contributed by atoms with Crippen molar-refractivity contribution in [3.63, 3.8) is 0 Å². The second-order valence-electron chi connectivity index (χ2n) is 5.78. The molecule has 30 heavy (non-hydrogen) atoms. The molecule has 0 heterocycles. The van der Waals surface area contributed by atoms with Gasteiger partial charge in [0.05, 0.1) is 19.2 Å². The van der Waals surface area contributed by atoms with E-state index >= 15 is 0 Å². The number of amides is 2. The highest BCUT2D eigenvalue weighted by atomic mass is 19.4. The van der Waals surface area contributed by atoms with Crippen LogP contribution in [0.3, 0.4) is 0 Å². The molecule has 2 rings (SSSR count). The lowest BCUT2D eigenvalue weighted by molar-refractivity contribution is -0.137. The summed E-state index contributed by atoms with van der Waals surface area (Å²) in [6.45, 7) is -3.12. The Kier molecular flexibility index (Phi) is 7.86. The lowest BCUT2D eigenvalue weighted by Gasteiger charge is -2.12. The van der Waals surface area contributed by atoms with Gasteiger partial charge in [0.2, 0.25) is 0 Å². The van der Waals surface area contributed by atoms with Crippen molar-refractivity contribution in [1.82, 2.24) is 10.6 Å². The topological polar surface area (TPSA) is 59.6 Å². The Morgan fingerprint density at radius 1 is 1.10 bits per heavy atom. The van der Waals surface area contributed by atoms with Gasteiger partial charge in [-0.15, -0.1) is 0 Å². The molecule has 0 saturated heterocycles. The molecule has 5 nitrogen and oxygen atoms in total. The Labute approximate surface area is 169 Å². The summed E-state index contributed by atoms with van der Waals surface area (Å²) in [4.78, 5) is 11.8. The molecule has 0 spiro atoms. The van der Waals surface area contributed by atoms with E-state index in [1.54, 1.807) is 6.07 Å². The van der Waals surface area contributed by atoms with E-state index in [1.807, 2.05) is 0 Å². The van der Waals surface area contributed by atoms with Crippen molar-refractivity contribution in [2.24, 2.45) is 0 Å². The molecule has 2 N–H and O–H groups in total. The Bertz CT molecular complexity index is 936. The van der Waals surface area contributed by atoms with E-state index in [4.69, 9.17) is 4.74 Å². The van der Waals surface area contributed by atoms with Crippen molar-refractivity contribution < 1.29 is 36.2 Å². The maximum Gasteiger partial charge on any atom is 0.416 e. The number of ether oxygens (including phenoxy) is 2. The SMILES string of the molecule is COc1ccc(CNC(=O)NCC#Cc2cccc(C(F)(F)F)c2)cc1OC(F)F. The van der Waals surface area contributed by atoms with Gasteiger partial charge in [-0.2, -0.15) is 22.0 Å². The quantitative estimate of drug-likeness (QED) is 0.537. The van der Waals surface area contributed by atoms with Gasteiger partial charge in [0.15, 0.2) is 11.5 Å². The zero-order valence-corrected chi connectivity index (χ0v) is 15.6. The third-order valence-corrected chi connectivity index (χ3v) is 3.66. The van der Waals surface area contributed by atoms with Gasteiger partial charge in [0.1, 0.15) is 0 Å². The van der Waals surface area contributed by atoms with Crippen LogP contribution < -0.4 is 20.1 Å². The summed E-state index contributed by atoms with van der Waals surface area (Å²) < 4.78 is 72.1. The zero-order chi connectivity index (χ0) is 22.1.